The highest BCUT2D eigenvalue weighted by Crippen LogP contribution is 2.26. The molecule has 2 aromatic rings. The lowest BCUT2D eigenvalue weighted by Crippen LogP contribution is -2.17. The van der Waals surface area contributed by atoms with Crippen LogP contribution in [0.3, 0.4) is 0 Å². The molecule has 6 heteroatoms. The smallest absolute Gasteiger partial charge is 0.151 e. The van der Waals surface area contributed by atoms with Crippen molar-refractivity contribution in [1.82, 2.24) is 20.1 Å². The number of nitrogens with zero attached hydrogens (tertiary/aromatic N) is 3. The van der Waals surface area contributed by atoms with Crippen LogP contribution in [0.1, 0.15) is 11.4 Å². The number of benzene rings is 1. The van der Waals surface area contributed by atoms with Crippen LogP contribution in [-0.4, -0.2) is 26.4 Å². The quantitative estimate of drug-likeness (QED) is 0.806. The van der Waals surface area contributed by atoms with Gasteiger partial charge in [-0.15, -0.1) is 0 Å². The van der Waals surface area contributed by atoms with Gasteiger partial charge in [-0.3, -0.25) is 4.68 Å². The van der Waals surface area contributed by atoms with E-state index in [4.69, 9.17) is 11.6 Å². The van der Waals surface area contributed by atoms with Gasteiger partial charge in [-0.05, 0) is 6.07 Å². The number of aromatic hydroxyl groups is 1. The van der Waals surface area contributed by atoms with Crippen molar-refractivity contribution in [1.29, 1.82) is 0 Å². The second-order valence-corrected chi connectivity index (χ2v) is 4.42. The van der Waals surface area contributed by atoms with Gasteiger partial charge in [-0.1, -0.05) is 23.7 Å². The number of hydrogen-bond acceptors (Lipinski definition) is 4. The zero-order valence-corrected chi connectivity index (χ0v) is 10.9. The highest BCUT2D eigenvalue weighted by Gasteiger charge is 2.04. The predicted molar refractivity (Wildman–Crippen MR) is 69.5 cm³/mol. The number of halogens is 1. The summed E-state index contributed by atoms with van der Waals surface area (Å²) >= 11 is 5.82. The van der Waals surface area contributed by atoms with Gasteiger partial charge >= 0.3 is 0 Å². The molecule has 0 radical (unpaired) electrons. The van der Waals surface area contributed by atoms with Crippen LogP contribution < -0.4 is 5.32 Å². The van der Waals surface area contributed by atoms with Crippen LogP contribution in [0.15, 0.2) is 24.5 Å². The Balaban J connectivity index is 1.80. The molecule has 0 bridgehead atoms. The van der Waals surface area contributed by atoms with Crippen molar-refractivity contribution in [3.8, 4) is 5.75 Å². The second kappa shape index (κ2) is 5.84. The van der Waals surface area contributed by atoms with E-state index in [1.54, 1.807) is 17.1 Å². The fourth-order valence-electron chi connectivity index (χ4n) is 1.62. The van der Waals surface area contributed by atoms with Crippen LogP contribution in [0, 0.1) is 0 Å². The number of para-hydroxylation sites is 1. The van der Waals surface area contributed by atoms with E-state index < -0.39 is 0 Å². The molecule has 1 aromatic carbocycles. The zero-order valence-electron chi connectivity index (χ0n) is 10.1. The second-order valence-electron chi connectivity index (χ2n) is 4.01. The average Bonchev–Trinajstić information content (AvgIpc) is 2.76. The van der Waals surface area contributed by atoms with Crippen LogP contribution in [0.2, 0.25) is 5.02 Å². The normalized spacial score (nSPS) is 10.8. The standard InChI is InChI=1S/C12H15ClN4O/c1-17-8-15-11(16-17)5-6-14-7-9-3-2-4-10(13)12(9)18/h2-4,8,14,18H,5-7H2,1H3. The molecule has 0 unspecified atom stereocenters. The summed E-state index contributed by atoms with van der Waals surface area (Å²) in [5, 5.41) is 17.5. The minimum atomic E-state index is 0.141. The molecule has 0 aliphatic carbocycles. The lowest BCUT2D eigenvalue weighted by molar-refractivity contribution is 0.465. The first-order valence-electron chi connectivity index (χ1n) is 5.68. The van der Waals surface area contributed by atoms with Crippen LogP contribution >= 0.6 is 11.6 Å². The largest absolute Gasteiger partial charge is 0.506 e. The van der Waals surface area contributed by atoms with Crippen molar-refractivity contribution < 1.29 is 5.11 Å². The topological polar surface area (TPSA) is 63.0 Å². The van der Waals surface area contributed by atoms with Crippen molar-refractivity contribution in [2.45, 2.75) is 13.0 Å². The Bertz CT molecular complexity index is 527. The Kier molecular flexibility index (Phi) is 4.17. The molecular formula is C12H15ClN4O. The number of aromatic nitrogens is 3. The van der Waals surface area contributed by atoms with Crippen LogP contribution in [0.5, 0.6) is 5.75 Å². The average molecular weight is 267 g/mol. The molecule has 1 heterocycles. The third-order valence-corrected chi connectivity index (χ3v) is 2.86. The van der Waals surface area contributed by atoms with Crippen molar-refractivity contribution in [2.75, 3.05) is 6.54 Å². The lowest BCUT2D eigenvalue weighted by Gasteiger charge is -2.06. The van der Waals surface area contributed by atoms with Gasteiger partial charge in [-0.2, -0.15) is 5.10 Å². The minimum absolute atomic E-state index is 0.141. The molecule has 0 atom stereocenters. The number of aryl methyl sites for hydroxylation is 1. The summed E-state index contributed by atoms with van der Waals surface area (Å²) in [6, 6.07) is 5.32. The Morgan fingerprint density at radius 3 is 3.00 bits per heavy atom. The predicted octanol–water partition coefficient (Wildman–Crippen LogP) is 1.51. The monoisotopic (exact) mass is 266 g/mol. The maximum atomic E-state index is 9.72. The van der Waals surface area contributed by atoms with Crippen molar-refractivity contribution in [2.24, 2.45) is 7.05 Å². The molecule has 0 saturated carbocycles. The van der Waals surface area contributed by atoms with E-state index >= 15 is 0 Å². The van der Waals surface area contributed by atoms with Crippen molar-refractivity contribution in [3.63, 3.8) is 0 Å². The van der Waals surface area contributed by atoms with Crippen molar-refractivity contribution in [3.05, 3.63) is 40.9 Å². The van der Waals surface area contributed by atoms with Gasteiger partial charge in [0.25, 0.3) is 0 Å². The van der Waals surface area contributed by atoms with Gasteiger partial charge < -0.3 is 10.4 Å². The fourth-order valence-corrected chi connectivity index (χ4v) is 1.82. The van der Waals surface area contributed by atoms with Crippen LogP contribution in [0.4, 0.5) is 0 Å². The molecule has 2 rings (SSSR count). The van der Waals surface area contributed by atoms with Gasteiger partial charge in [0.15, 0.2) is 5.82 Å². The Labute approximate surface area is 110 Å². The molecule has 2 N–H and O–H groups in total. The number of nitrogens with one attached hydrogen (secondary N) is 1. The molecule has 96 valence electrons. The van der Waals surface area contributed by atoms with E-state index in [2.05, 4.69) is 15.4 Å². The number of rotatable bonds is 5. The molecular weight excluding hydrogens is 252 g/mol. The van der Waals surface area contributed by atoms with E-state index in [-0.39, 0.29) is 5.75 Å². The molecule has 0 spiro atoms. The third kappa shape index (κ3) is 3.21. The molecule has 5 nitrogen and oxygen atoms in total. The highest BCUT2D eigenvalue weighted by atomic mass is 35.5. The fraction of sp³-hybridized carbons (Fsp3) is 0.333. The van der Waals surface area contributed by atoms with Gasteiger partial charge in [0.05, 0.1) is 5.02 Å². The first kappa shape index (κ1) is 12.9. The molecule has 1 aromatic heterocycles. The van der Waals surface area contributed by atoms with Gasteiger partial charge in [0.1, 0.15) is 12.1 Å². The molecule has 0 aliphatic rings. The summed E-state index contributed by atoms with van der Waals surface area (Å²) in [6.45, 7) is 1.31. The Morgan fingerprint density at radius 1 is 1.44 bits per heavy atom. The van der Waals surface area contributed by atoms with E-state index in [0.29, 0.717) is 11.6 Å². The van der Waals surface area contributed by atoms with E-state index in [1.807, 2.05) is 19.2 Å². The maximum Gasteiger partial charge on any atom is 0.151 e. The summed E-state index contributed by atoms with van der Waals surface area (Å²) in [6.07, 6.45) is 2.43. The molecule has 0 amide bonds. The minimum Gasteiger partial charge on any atom is -0.506 e. The number of phenols is 1. The van der Waals surface area contributed by atoms with Gasteiger partial charge in [-0.25, -0.2) is 4.98 Å². The number of phenolic OH excluding ortho intramolecular Hbond substituents is 1. The summed E-state index contributed by atoms with van der Waals surface area (Å²) in [7, 11) is 1.84. The number of hydrogen-bond donors (Lipinski definition) is 2. The Hall–Kier alpha value is -1.59. The van der Waals surface area contributed by atoms with E-state index in [0.717, 1.165) is 24.4 Å². The first-order chi connectivity index (χ1) is 8.66. The molecule has 18 heavy (non-hydrogen) atoms. The van der Waals surface area contributed by atoms with E-state index in [1.165, 1.54) is 0 Å². The van der Waals surface area contributed by atoms with E-state index in [9.17, 15) is 5.11 Å². The zero-order chi connectivity index (χ0) is 13.0. The first-order valence-corrected chi connectivity index (χ1v) is 6.06. The van der Waals surface area contributed by atoms with Crippen LogP contribution in [0.25, 0.3) is 0 Å². The summed E-state index contributed by atoms with van der Waals surface area (Å²) in [4.78, 5) is 4.13. The van der Waals surface area contributed by atoms with Gasteiger partial charge in [0.2, 0.25) is 0 Å². The third-order valence-electron chi connectivity index (χ3n) is 2.56. The molecule has 0 saturated heterocycles. The van der Waals surface area contributed by atoms with Gasteiger partial charge in [0, 0.05) is 32.1 Å². The summed E-state index contributed by atoms with van der Waals surface area (Å²) < 4.78 is 1.68. The summed E-state index contributed by atoms with van der Waals surface area (Å²) in [5.41, 5.74) is 0.788. The van der Waals surface area contributed by atoms with Crippen LogP contribution in [-0.2, 0) is 20.0 Å². The molecule has 0 aliphatic heterocycles. The maximum absolute atomic E-state index is 9.72. The Morgan fingerprint density at radius 2 is 2.28 bits per heavy atom. The lowest BCUT2D eigenvalue weighted by atomic mass is 10.2. The molecule has 0 fully saturated rings. The highest BCUT2D eigenvalue weighted by molar-refractivity contribution is 6.32. The van der Waals surface area contributed by atoms with Crippen molar-refractivity contribution >= 4 is 11.6 Å². The summed E-state index contributed by atoms with van der Waals surface area (Å²) in [5.74, 6) is 0.947. The SMILES string of the molecule is Cn1cnc(CCNCc2cccc(Cl)c2O)n1.